The van der Waals surface area contributed by atoms with Crippen LogP contribution in [0.15, 0.2) is 23.1 Å². The highest BCUT2D eigenvalue weighted by Crippen LogP contribution is 2.30. The third-order valence-corrected chi connectivity index (χ3v) is 4.79. The third-order valence-electron chi connectivity index (χ3n) is 2.83. The highest BCUT2D eigenvalue weighted by Gasteiger charge is 2.37. The van der Waals surface area contributed by atoms with Crippen molar-refractivity contribution in [3.63, 3.8) is 0 Å². The largest absolute Gasteiger partial charge is 0.377 e. The molecule has 10 heteroatoms. The summed E-state index contributed by atoms with van der Waals surface area (Å²) in [6, 6.07) is 2.91. The fraction of sp³-hybridized carbons (Fsp3) is 0.400. The van der Waals surface area contributed by atoms with Gasteiger partial charge in [-0.15, -0.1) is 0 Å². The van der Waals surface area contributed by atoms with Gasteiger partial charge in [-0.05, 0) is 12.1 Å². The van der Waals surface area contributed by atoms with Crippen LogP contribution in [0.5, 0.6) is 0 Å². The summed E-state index contributed by atoms with van der Waals surface area (Å²) in [7, 11) is -4.26. The molecular formula is C10H12FN3O5S. The molecule has 1 unspecified atom stereocenters. The Balaban J connectivity index is 2.55. The first-order valence-corrected chi connectivity index (χ1v) is 7.08. The van der Waals surface area contributed by atoms with Crippen LogP contribution < -0.4 is 5.73 Å². The molecule has 0 aromatic heterocycles. The fourth-order valence-electron chi connectivity index (χ4n) is 1.91. The van der Waals surface area contributed by atoms with Gasteiger partial charge in [0, 0.05) is 6.54 Å². The first-order valence-electron chi connectivity index (χ1n) is 5.64. The Morgan fingerprint density at radius 2 is 2.20 bits per heavy atom. The molecule has 0 aliphatic carbocycles. The molecule has 1 aliphatic rings. The van der Waals surface area contributed by atoms with Gasteiger partial charge in [-0.3, -0.25) is 10.1 Å². The van der Waals surface area contributed by atoms with Gasteiger partial charge in [0.2, 0.25) is 5.82 Å². The Labute approximate surface area is 114 Å². The van der Waals surface area contributed by atoms with E-state index in [9.17, 15) is 22.9 Å². The highest BCUT2D eigenvalue weighted by atomic mass is 32.2. The highest BCUT2D eigenvalue weighted by molar-refractivity contribution is 7.89. The van der Waals surface area contributed by atoms with E-state index in [1.807, 2.05) is 0 Å². The lowest BCUT2D eigenvalue weighted by Crippen LogP contribution is -2.53. The molecule has 1 aliphatic heterocycles. The Morgan fingerprint density at radius 1 is 1.50 bits per heavy atom. The topological polar surface area (TPSA) is 116 Å². The van der Waals surface area contributed by atoms with Gasteiger partial charge in [0.25, 0.3) is 10.0 Å². The fourth-order valence-corrected chi connectivity index (χ4v) is 3.56. The number of nitro benzene ring substituents is 1. The minimum absolute atomic E-state index is 0.0255. The van der Waals surface area contributed by atoms with Crippen molar-refractivity contribution in [1.82, 2.24) is 4.31 Å². The average Bonchev–Trinajstić information content (AvgIpc) is 2.38. The van der Waals surface area contributed by atoms with Gasteiger partial charge in [0.05, 0.1) is 24.3 Å². The van der Waals surface area contributed by atoms with Gasteiger partial charge in [0.1, 0.15) is 0 Å². The van der Waals surface area contributed by atoms with E-state index in [1.54, 1.807) is 0 Å². The maximum absolute atomic E-state index is 13.5. The molecule has 110 valence electrons. The minimum atomic E-state index is -4.26. The van der Waals surface area contributed by atoms with Crippen LogP contribution in [-0.2, 0) is 14.8 Å². The second-order valence-electron chi connectivity index (χ2n) is 4.10. The molecule has 0 amide bonds. The Bertz CT molecular complexity index is 636. The van der Waals surface area contributed by atoms with E-state index >= 15 is 0 Å². The molecule has 1 fully saturated rings. The number of para-hydroxylation sites is 1. The zero-order chi connectivity index (χ0) is 14.9. The predicted molar refractivity (Wildman–Crippen MR) is 65.7 cm³/mol. The smallest absolute Gasteiger partial charge is 0.324 e. The Morgan fingerprint density at radius 3 is 2.80 bits per heavy atom. The second kappa shape index (κ2) is 5.40. The molecule has 1 heterocycles. The molecule has 1 atom stereocenters. The summed E-state index contributed by atoms with van der Waals surface area (Å²) in [5.41, 5.74) is 4.55. The van der Waals surface area contributed by atoms with E-state index in [1.165, 1.54) is 0 Å². The first-order chi connectivity index (χ1) is 9.35. The van der Waals surface area contributed by atoms with Crippen molar-refractivity contribution in [3.05, 3.63) is 34.1 Å². The quantitative estimate of drug-likeness (QED) is 0.622. The number of rotatable bonds is 3. The number of morpholine rings is 1. The van der Waals surface area contributed by atoms with E-state index in [0.29, 0.717) is 0 Å². The summed E-state index contributed by atoms with van der Waals surface area (Å²) in [6.07, 6.45) is -0.961. The van der Waals surface area contributed by atoms with Crippen molar-refractivity contribution < 1.29 is 22.5 Å². The van der Waals surface area contributed by atoms with Gasteiger partial charge < -0.3 is 10.5 Å². The lowest BCUT2D eigenvalue weighted by molar-refractivity contribution is -0.390. The maximum atomic E-state index is 13.5. The van der Waals surface area contributed by atoms with Crippen LogP contribution in [0.2, 0.25) is 0 Å². The van der Waals surface area contributed by atoms with E-state index in [-0.39, 0.29) is 19.8 Å². The van der Waals surface area contributed by atoms with Gasteiger partial charge in [-0.25, -0.2) is 8.42 Å². The van der Waals surface area contributed by atoms with Crippen molar-refractivity contribution in [2.45, 2.75) is 11.1 Å². The number of sulfonamides is 1. The molecule has 1 aromatic carbocycles. The van der Waals surface area contributed by atoms with E-state index in [4.69, 9.17) is 10.5 Å². The lowest BCUT2D eigenvalue weighted by Gasteiger charge is -2.31. The number of nitrogens with zero attached hydrogens (tertiary/aromatic N) is 2. The van der Waals surface area contributed by atoms with Crippen LogP contribution in [0.3, 0.4) is 0 Å². The van der Waals surface area contributed by atoms with Crippen LogP contribution in [0.25, 0.3) is 0 Å². The summed E-state index contributed by atoms with van der Waals surface area (Å²) < 4.78 is 44.2. The molecule has 1 saturated heterocycles. The number of hydrogen-bond donors (Lipinski definition) is 1. The molecule has 0 spiro atoms. The number of halogens is 1. The maximum Gasteiger partial charge on any atom is 0.324 e. The van der Waals surface area contributed by atoms with Crippen LogP contribution >= 0.6 is 0 Å². The summed E-state index contributed by atoms with van der Waals surface area (Å²) in [5.74, 6) is -1.21. The summed E-state index contributed by atoms with van der Waals surface area (Å²) in [6.45, 7) is 0.0511. The molecule has 2 rings (SSSR count). The zero-order valence-corrected chi connectivity index (χ0v) is 11.0. The SMILES string of the molecule is NC1COCCN1S(=O)(=O)c1cccc(F)c1[N+](=O)[O-]. The third kappa shape index (κ3) is 2.50. The van der Waals surface area contributed by atoms with Crippen LogP contribution in [0.4, 0.5) is 10.1 Å². The molecule has 2 N–H and O–H groups in total. The van der Waals surface area contributed by atoms with Gasteiger partial charge in [-0.1, -0.05) is 6.07 Å². The lowest BCUT2D eigenvalue weighted by atomic mass is 10.3. The molecule has 20 heavy (non-hydrogen) atoms. The first kappa shape index (κ1) is 14.8. The number of ether oxygens (including phenoxy) is 1. The molecule has 0 bridgehead atoms. The molecule has 1 aromatic rings. The van der Waals surface area contributed by atoms with Crippen molar-refractivity contribution in [3.8, 4) is 0 Å². The second-order valence-corrected chi connectivity index (χ2v) is 5.96. The summed E-state index contributed by atoms with van der Waals surface area (Å²) in [5, 5.41) is 10.9. The Kier molecular flexibility index (Phi) is 3.99. The summed E-state index contributed by atoms with van der Waals surface area (Å²) in [4.78, 5) is 9.11. The molecule has 8 nitrogen and oxygen atoms in total. The standard InChI is InChI=1S/C10H12FN3O5S/c11-7-2-1-3-8(10(7)14(15)16)20(17,18)13-4-5-19-6-9(13)12/h1-3,9H,4-6,12H2. The Hall–Kier alpha value is -1.62. The van der Waals surface area contributed by atoms with Crippen molar-refractivity contribution in [1.29, 1.82) is 0 Å². The van der Waals surface area contributed by atoms with Crippen molar-refractivity contribution in [2.75, 3.05) is 19.8 Å². The molecule has 0 saturated carbocycles. The average molecular weight is 305 g/mol. The normalized spacial score (nSPS) is 20.8. The number of nitrogens with two attached hydrogens (primary N) is 1. The van der Waals surface area contributed by atoms with E-state index < -0.39 is 37.5 Å². The van der Waals surface area contributed by atoms with E-state index in [0.717, 1.165) is 22.5 Å². The van der Waals surface area contributed by atoms with Crippen molar-refractivity contribution >= 4 is 15.7 Å². The summed E-state index contributed by atoms with van der Waals surface area (Å²) >= 11 is 0. The monoisotopic (exact) mass is 305 g/mol. The van der Waals surface area contributed by atoms with Gasteiger partial charge in [-0.2, -0.15) is 8.70 Å². The van der Waals surface area contributed by atoms with Gasteiger partial charge in [0.15, 0.2) is 4.90 Å². The van der Waals surface area contributed by atoms with Crippen LogP contribution in [0.1, 0.15) is 0 Å². The van der Waals surface area contributed by atoms with Crippen molar-refractivity contribution in [2.24, 2.45) is 5.73 Å². The predicted octanol–water partition coefficient (Wildman–Crippen LogP) is 0.0396. The minimum Gasteiger partial charge on any atom is -0.377 e. The number of hydrogen-bond acceptors (Lipinski definition) is 6. The molecule has 0 radical (unpaired) electrons. The zero-order valence-electron chi connectivity index (χ0n) is 10.2. The van der Waals surface area contributed by atoms with E-state index in [2.05, 4.69) is 0 Å². The number of nitro groups is 1. The number of benzene rings is 1. The van der Waals surface area contributed by atoms with Crippen LogP contribution in [-0.4, -0.2) is 43.6 Å². The van der Waals surface area contributed by atoms with Crippen LogP contribution in [0, 0.1) is 15.9 Å². The molecular weight excluding hydrogens is 293 g/mol. The van der Waals surface area contributed by atoms with Gasteiger partial charge >= 0.3 is 5.69 Å².